The van der Waals surface area contributed by atoms with Crippen LogP contribution in [-0.4, -0.2) is 11.1 Å². The quantitative estimate of drug-likeness (QED) is 0.520. The first-order chi connectivity index (χ1) is 14.4. The maximum Gasteiger partial charge on any atom is 0.336 e. The van der Waals surface area contributed by atoms with Crippen molar-refractivity contribution in [1.29, 1.82) is 0 Å². The molecule has 3 aromatic carbocycles. The molecule has 3 nitrogen and oxygen atoms in total. The molecule has 0 saturated heterocycles. The first-order valence-corrected chi connectivity index (χ1v) is 10.4. The van der Waals surface area contributed by atoms with Gasteiger partial charge in [0.1, 0.15) is 11.5 Å². The van der Waals surface area contributed by atoms with Gasteiger partial charge in [-0.25, -0.2) is 4.79 Å². The number of carbonyl (C=O) groups is 1. The van der Waals surface area contributed by atoms with Crippen LogP contribution in [-0.2, 0) is 6.42 Å². The normalized spacial score (nSPS) is 12.9. The largest absolute Gasteiger partial charge is 0.478 e. The predicted octanol–water partition coefficient (Wildman–Crippen LogP) is 5.11. The summed E-state index contributed by atoms with van der Waals surface area (Å²) in [7, 11) is 0. The van der Waals surface area contributed by atoms with Crippen LogP contribution in [0.2, 0.25) is 0 Å². The van der Waals surface area contributed by atoms with Gasteiger partial charge in [-0.2, -0.15) is 0 Å². The van der Waals surface area contributed by atoms with Crippen LogP contribution >= 0.6 is 0 Å². The Morgan fingerprint density at radius 3 is 2.47 bits per heavy atom. The predicted molar refractivity (Wildman–Crippen MR) is 121 cm³/mol. The molecule has 0 amide bonds. The number of ether oxygens (including phenoxy) is 1. The summed E-state index contributed by atoms with van der Waals surface area (Å²) < 4.78 is 6.38. The van der Waals surface area contributed by atoms with Gasteiger partial charge in [0.15, 0.2) is 0 Å². The van der Waals surface area contributed by atoms with E-state index in [1.807, 2.05) is 19.1 Å². The Hall–Kier alpha value is -3.33. The van der Waals surface area contributed by atoms with E-state index >= 15 is 0 Å². The van der Waals surface area contributed by atoms with Crippen LogP contribution in [0.15, 0.2) is 48.5 Å². The third kappa shape index (κ3) is 3.30. The molecule has 0 unspecified atom stereocenters. The van der Waals surface area contributed by atoms with E-state index in [2.05, 4.69) is 51.1 Å². The Balaban J connectivity index is 2.15. The molecule has 3 heteroatoms. The maximum atomic E-state index is 12.0. The van der Waals surface area contributed by atoms with Crippen LogP contribution in [0.3, 0.4) is 0 Å². The lowest BCUT2D eigenvalue weighted by molar-refractivity contribution is 0.0696. The highest BCUT2D eigenvalue weighted by atomic mass is 16.5. The third-order valence-electron chi connectivity index (χ3n) is 5.82. The van der Waals surface area contributed by atoms with Gasteiger partial charge in [-0.05, 0) is 85.0 Å². The summed E-state index contributed by atoms with van der Waals surface area (Å²) in [5, 5.41) is 11.9. The number of aromatic carboxylic acids is 1. The van der Waals surface area contributed by atoms with E-state index in [9.17, 15) is 9.90 Å². The van der Waals surface area contributed by atoms with Gasteiger partial charge in [0.05, 0.1) is 5.56 Å². The topological polar surface area (TPSA) is 46.5 Å². The summed E-state index contributed by atoms with van der Waals surface area (Å²) in [6.45, 7) is 8.36. The lowest BCUT2D eigenvalue weighted by Crippen LogP contribution is -2.23. The van der Waals surface area contributed by atoms with Gasteiger partial charge in [-0.15, -0.1) is 0 Å². The number of aryl methyl sites for hydroxylation is 3. The summed E-state index contributed by atoms with van der Waals surface area (Å²) in [5.41, 5.74) is 6.47. The molecule has 0 aromatic heterocycles. The number of benzene rings is 3. The van der Waals surface area contributed by atoms with Gasteiger partial charge in [0.25, 0.3) is 0 Å². The zero-order chi connectivity index (χ0) is 21.4. The average Bonchev–Trinajstić information content (AvgIpc) is 2.73. The fourth-order valence-corrected chi connectivity index (χ4v) is 4.28. The SMILES string of the molecule is C/C=c1/cc2c(cc1C)=C(c1ccccc1C(=O)O)c1cc(C)c(CCC)cc1O2. The van der Waals surface area contributed by atoms with E-state index in [1.54, 1.807) is 12.1 Å². The number of rotatable bonds is 4. The molecule has 0 aliphatic carbocycles. The minimum absolute atomic E-state index is 0.297. The van der Waals surface area contributed by atoms with Crippen molar-refractivity contribution in [2.45, 2.75) is 40.5 Å². The number of carboxylic acids is 1. The molecule has 3 aromatic rings. The first-order valence-electron chi connectivity index (χ1n) is 10.4. The molecule has 30 heavy (non-hydrogen) atoms. The van der Waals surface area contributed by atoms with Crippen molar-refractivity contribution in [3.05, 3.63) is 92.3 Å². The van der Waals surface area contributed by atoms with Crippen molar-refractivity contribution in [2.75, 3.05) is 0 Å². The Bertz CT molecular complexity index is 1280. The number of hydrogen-bond acceptors (Lipinski definition) is 2. The lowest BCUT2D eigenvalue weighted by atomic mass is 9.87. The maximum absolute atomic E-state index is 12.0. The molecule has 1 aliphatic heterocycles. The molecule has 1 heterocycles. The summed E-state index contributed by atoms with van der Waals surface area (Å²) in [4.78, 5) is 12.0. The molecule has 0 spiro atoms. The summed E-state index contributed by atoms with van der Waals surface area (Å²) in [6, 6.07) is 15.6. The van der Waals surface area contributed by atoms with E-state index in [4.69, 9.17) is 4.74 Å². The highest BCUT2D eigenvalue weighted by Crippen LogP contribution is 2.39. The Kier molecular flexibility index (Phi) is 5.21. The van der Waals surface area contributed by atoms with Crippen molar-refractivity contribution in [3.63, 3.8) is 0 Å². The van der Waals surface area contributed by atoms with E-state index in [0.29, 0.717) is 11.1 Å². The Morgan fingerprint density at radius 1 is 1.00 bits per heavy atom. The van der Waals surface area contributed by atoms with Crippen LogP contribution in [0.25, 0.3) is 11.6 Å². The molecule has 0 atom stereocenters. The molecule has 4 rings (SSSR count). The standard InChI is InChI=1S/C27H26O3/c1-5-9-19-15-25-23(13-17(19)4)26(20-10-7-8-11-21(20)27(28)29)22-12-16(3)18(6-2)14-24(22)30-25/h6-8,10-15H,5,9H2,1-4H3,(H,28,29)/b18-6-. The third-order valence-corrected chi connectivity index (χ3v) is 5.82. The van der Waals surface area contributed by atoms with Gasteiger partial charge < -0.3 is 9.84 Å². The van der Waals surface area contributed by atoms with Crippen LogP contribution in [0.1, 0.15) is 58.4 Å². The van der Waals surface area contributed by atoms with Crippen LogP contribution < -0.4 is 15.2 Å². The van der Waals surface area contributed by atoms with Crippen LogP contribution in [0.4, 0.5) is 0 Å². The zero-order valence-electron chi connectivity index (χ0n) is 17.9. The van der Waals surface area contributed by atoms with Crippen molar-refractivity contribution >= 4 is 17.6 Å². The van der Waals surface area contributed by atoms with E-state index in [0.717, 1.165) is 51.5 Å². The van der Waals surface area contributed by atoms with E-state index < -0.39 is 5.97 Å². The molecule has 152 valence electrons. The first kappa shape index (κ1) is 20.0. The average molecular weight is 399 g/mol. The second-order valence-electron chi connectivity index (χ2n) is 7.85. The van der Waals surface area contributed by atoms with Crippen molar-refractivity contribution in [3.8, 4) is 11.5 Å². The highest BCUT2D eigenvalue weighted by molar-refractivity contribution is 5.98. The number of hydrogen-bond donors (Lipinski definition) is 1. The molecule has 0 saturated carbocycles. The summed E-state index contributed by atoms with van der Waals surface area (Å²) >= 11 is 0. The molecule has 1 N–H and O–H groups in total. The minimum Gasteiger partial charge on any atom is -0.478 e. The highest BCUT2D eigenvalue weighted by Gasteiger charge is 2.24. The number of fused-ring (bicyclic) bond motifs is 2. The van der Waals surface area contributed by atoms with Crippen molar-refractivity contribution in [1.82, 2.24) is 0 Å². The smallest absolute Gasteiger partial charge is 0.336 e. The van der Waals surface area contributed by atoms with Gasteiger partial charge in [0.2, 0.25) is 0 Å². The van der Waals surface area contributed by atoms with Gasteiger partial charge in [-0.3, -0.25) is 0 Å². The van der Waals surface area contributed by atoms with Gasteiger partial charge in [-0.1, -0.05) is 37.6 Å². The van der Waals surface area contributed by atoms with E-state index in [-0.39, 0.29) is 0 Å². The monoisotopic (exact) mass is 398 g/mol. The molecular formula is C27H26O3. The second kappa shape index (κ2) is 7.83. The molecule has 0 bridgehead atoms. The molecule has 1 aliphatic rings. The fraction of sp³-hybridized carbons (Fsp3) is 0.222. The summed E-state index contributed by atoms with van der Waals surface area (Å²) in [5.74, 6) is 0.627. The fourth-order valence-electron chi connectivity index (χ4n) is 4.28. The lowest BCUT2D eigenvalue weighted by Gasteiger charge is -2.24. The molecule has 0 radical (unpaired) electrons. The van der Waals surface area contributed by atoms with Crippen LogP contribution in [0, 0.1) is 13.8 Å². The molecule has 0 fully saturated rings. The molecular weight excluding hydrogens is 372 g/mol. The Morgan fingerprint density at radius 2 is 1.77 bits per heavy atom. The summed E-state index contributed by atoms with van der Waals surface area (Å²) in [6.07, 6.45) is 4.11. The van der Waals surface area contributed by atoms with Crippen LogP contribution in [0.5, 0.6) is 11.5 Å². The zero-order valence-corrected chi connectivity index (χ0v) is 17.9. The number of carboxylic acid groups (broad SMARTS) is 1. The Labute approximate surface area is 177 Å². The van der Waals surface area contributed by atoms with Crippen molar-refractivity contribution < 1.29 is 14.6 Å². The second-order valence-corrected chi connectivity index (χ2v) is 7.85. The minimum atomic E-state index is -0.928. The van der Waals surface area contributed by atoms with Crippen molar-refractivity contribution in [2.24, 2.45) is 0 Å². The van der Waals surface area contributed by atoms with Gasteiger partial charge >= 0.3 is 5.97 Å². The van der Waals surface area contributed by atoms with E-state index in [1.165, 1.54) is 11.1 Å². The van der Waals surface area contributed by atoms with Gasteiger partial charge in [0, 0.05) is 16.4 Å².